The number of hydrogen-bond donors (Lipinski definition) is 1. The summed E-state index contributed by atoms with van der Waals surface area (Å²) in [6.07, 6.45) is 4.99. The Morgan fingerprint density at radius 1 is 1.53 bits per heavy atom. The molecule has 5 heteroatoms. The third-order valence-electron chi connectivity index (χ3n) is 4.58. The molecule has 1 fully saturated rings. The topological polar surface area (TPSA) is 50.3 Å². The molecule has 5 nitrogen and oxygen atoms in total. The van der Waals surface area contributed by atoms with Crippen molar-refractivity contribution in [2.75, 3.05) is 26.7 Å². The highest BCUT2D eigenvalue weighted by molar-refractivity contribution is 5.02. The zero-order valence-electron chi connectivity index (χ0n) is 12.6. The summed E-state index contributed by atoms with van der Waals surface area (Å²) in [5, 5.41) is 0. The molecule has 1 aliphatic heterocycles. The van der Waals surface area contributed by atoms with Gasteiger partial charge in [0.2, 0.25) is 0 Å². The smallest absolute Gasteiger partial charge is 0.122 e. The molecule has 1 atom stereocenters. The first-order chi connectivity index (χ1) is 8.98. The summed E-state index contributed by atoms with van der Waals surface area (Å²) in [6, 6.07) is 0.593. The number of likely N-dealkylation sites (tertiary alicyclic amines) is 1. The third kappa shape index (κ3) is 2.83. The monoisotopic (exact) mass is 265 g/mol. The van der Waals surface area contributed by atoms with Gasteiger partial charge in [0, 0.05) is 50.7 Å². The van der Waals surface area contributed by atoms with Crippen LogP contribution in [0, 0.1) is 0 Å². The molecule has 1 aromatic rings. The second kappa shape index (κ2) is 5.61. The van der Waals surface area contributed by atoms with Gasteiger partial charge in [0.1, 0.15) is 5.82 Å². The summed E-state index contributed by atoms with van der Waals surface area (Å²) < 4.78 is 2.08. The van der Waals surface area contributed by atoms with Gasteiger partial charge in [-0.2, -0.15) is 0 Å². The van der Waals surface area contributed by atoms with Crippen LogP contribution >= 0.6 is 0 Å². The van der Waals surface area contributed by atoms with Crippen molar-refractivity contribution in [1.82, 2.24) is 19.4 Å². The van der Waals surface area contributed by atoms with Crippen LogP contribution in [0.5, 0.6) is 0 Å². The van der Waals surface area contributed by atoms with Crippen molar-refractivity contribution >= 4 is 0 Å². The van der Waals surface area contributed by atoms with Crippen molar-refractivity contribution in [2.45, 2.75) is 38.4 Å². The van der Waals surface area contributed by atoms with Crippen LogP contribution in [-0.2, 0) is 13.6 Å². The Kier molecular flexibility index (Phi) is 4.28. The first-order valence-electron chi connectivity index (χ1n) is 7.10. The normalized spacial score (nSPS) is 24.8. The lowest BCUT2D eigenvalue weighted by Gasteiger charge is -2.38. The molecule has 1 aliphatic rings. The molecule has 108 valence electrons. The summed E-state index contributed by atoms with van der Waals surface area (Å²) in [6.45, 7) is 8.27. The van der Waals surface area contributed by atoms with Gasteiger partial charge in [0.05, 0.1) is 6.54 Å². The van der Waals surface area contributed by atoms with E-state index >= 15 is 0 Å². The molecule has 0 spiro atoms. The second-order valence-electron chi connectivity index (χ2n) is 6.05. The van der Waals surface area contributed by atoms with Gasteiger partial charge in [-0.25, -0.2) is 4.98 Å². The lowest BCUT2D eigenvalue weighted by molar-refractivity contribution is 0.112. The van der Waals surface area contributed by atoms with Gasteiger partial charge in [-0.15, -0.1) is 0 Å². The van der Waals surface area contributed by atoms with Gasteiger partial charge in [-0.1, -0.05) is 0 Å². The molecule has 0 aromatic carbocycles. The molecule has 0 bridgehead atoms. The number of aromatic nitrogens is 2. The molecule has 19 heavy (non-hydrogen) atoms. The molecule has 0 radical (unpaired) electrons. The van der Waals surface area contributed by atoms with Crippen molar-refractivity contribution < 1.29 is 0 Å². The molecule has 0 aliphatic carbocycles. The van der Waals surface area contributed by atoms with E-state index < -0.39 is 0 Å². The maximum absolute atomic E-state index is 6.10. The van der Waals surface area contributed by atoms with Gasteiger partial charge in [-0.3, -0.25) is 9.80 Å². The Morgan fingerprint density at radius 2 is 2.26 bits per heavy atom. The number of hydrogen-bond acceptors (Lipinski definition) is 4. The molecule has 2 rings (SSSR count). The van der Waals surface area contributed by atoms with E-state index in [1.807, 2.05) is 19.4 Å². The predicted octanol–water partition coefficient (Wildman–Crippen LogP) is 0.664. The van der Waals surface area contributed by atoms with Crippen LogP contribution in [0.4, 0.5) is 0 Å². The number of likely N-dealkylation sites (N-methyl/N-ethyl adjacent to an activating group) is 1. The number of imidazole rings is 1. The molecule has 0 saturated carbocycles. The van der Waals surface area contributed by atoms with Gasteiger partial charge in [-0.05, 0) is 27.3 Å². The summed E-state index contributed by atoms with van der Waals surface area (Å²) >= 11 is 0. The molecular formula is C14H27N5. The maximum Gasteiger partial charge on any atom is 0.122 e. The summed E-state index contributed by atoms with van der Waals surface area (Å²) in [4.78, 5) is 9.32. The number of nitrogens with zero attached hydrogens (tertiary/aromatic N) is 4. The highest BCUT2D eigenvalue weighted by atomic mass is 15.3. The quantitative estimate of drug-likeness (QED) is 0.850. The molecule has 0 amide bonds. The van der Waals surface area contributed by atoms with Crippen LogP contribution in [0.25, 0.3) is 0 Å². The highest BCUT2D eigenvalue weighted by Crippen LogP contribution is 2.28. The van der Waals surface area contributed by atoms with E-state index in [9.17, 15) is 0 Å². The van der Waals surface area contributed by atoms with Gasteiger partial charge in [0.25, 0.3) is 0 Å². The summed E-state index contributed by atoms with van der Waals surface area (Å²) in [5.74, 6) is 1.10. The average molecular weight is 265 g/mol. The van der Waals surface area contributed by atoms with Crippen molar-refractivity contribution in [1.29, 1.82) is 0 Å². The van der Waals surface area contributed by atoms with Crippen LogP contribution in [0.2, 0.25) is 0 Å². The minimum atomic E-state index is 0.0935. The van der Waals surface area contributed by atoms with Crippen LogP contribution in [0.3, 0.4) is 0 Å². The Hall–Kier alpha value is -0.910. The van der Waals surface area contributed by atoms with Gasteiger partial charge < -0.3 is 10.3 Å². The highest BCUT2D eigenvalue weighted by Gasteiger charge is 2.41. The third-order valence-corrected chi connectivity index (χ3v) is 4.58. The van der Waals surface area contributed by atoms with Crippen molar-refractivity contribution in [3.8, 4) is 0 Å². The first kappa shape index (κ1) is 14.5. The number of rotatable bonds is 5. The lowest BCUT2D eigenvalue weighted by atomic mass is 9.96. The molecule has 1 aromatic heterocycles. The zero-order valence-corrected chi connectivity index (χ0v) is 12.6. The van der Waals surface area contributed by atoms with Gasteiger partial charge in [0.15, 0.2) is 0 Å². The van der Waals surface area contributed by atoms with Crippen LogP contribution in [0.15, 0.2) is 12.4 Å². The van der Waals surface area contributed by atoms with E-state index in [0.717, 1.165) is 31.9 Å². The van der Waals surface area contributed by atoms with Crippen LogP contribution in [-0.4, -0.2) is 57.6 Å². The van der Waals surface area contributed by atoms with Gasteiger partial charge >= 0.3 is 0 Å². The Balaban J connectivity index is 2.07. The van der Waals surface area contributed by atoms with E-state index in [1.165, 1.54) is 0 Å². The number of aryl methyl sites for hydroxylation is 1. The van der Waals surface area contributed by atoms with Crippen molar-refractivity contribution in [3.05, 3.63) is 18.2 Å². The first-order valence-corrected chi connectivity index (χ1v) is 7.10. The van der Waals surface area contributed by atoms with E-state index in [0.29, 0.717) is 12.6 Å². The SMILES string of the molecule is CC(C)N1CCC(CN)(N(C)Cc2nccn2C)C1. The minimum Gasteiger partial charge on any atom is -0.337 e. The van der Waals surface area contributed by atoms with E-state index in [-0.39, 0.29) is 5.54 Å². The maximum atomic E-state index is 6.10. The average Bonchev–Trinajstić information content (AvgIpc) is 2.97. The molecule has 2 N–H and O–H groups in total. The second-order valence-corrected chi connectivity index (χ2v) is 6.05. The molecular weight excluding hydrogens is 238 g/mol. The molecule has 2 heterocycles. The lowest BCUT2D eigenvalue weighted by Crippen LogP contribution is -2.54. The Labute approximate surface area is 116 Å². The van der Waals surface area contributed by atoms with E-state index in [1.54, 1.807) is 0 Å². The van der Waals surface area contributed by atoms with Crippen molar-refractivity contribution in [2.24, 2.45) is 12.8 Å². The van der Waals surface area contributed by atoms with Crippen molar-refractivity contribution in [3.63, 3.8) is 0 Å². The van der Waals surface area contributed by atoms with E-state index in [2.05, 4.69) is 40.2 Å². The van der Waals surface area contributed by atoms with Crippen LogP contribution in [0.1, 0.15) is 26.1 Å². The largest absolute Gasteiger partial charge is 0.337 e. The summed E-state index contributed by atoms with van der Waals surface area (Å²) in [5.41, 5.74) is 6.20. The standard InChI is InChI=1S/C14H27N5/c1-12(2)19-7-5-14(10-15,11-19)18(4)9-13-16-6-8-17(13)3/h6,8,12H,5,7,9-11,15H2,1-4H3. The fourth-order valence-corrected chi connectivity index (χ4v) is 2.89. The predicted molar refractivity (Wildman–Crippen MR) is 77.8 cm³/mol. The fourth-order valence-electron chi connectivity index (χ4n) is 2.89. The minimum absolute atomic E-state index is 0.0935. The Bertz CT molecular complexity index is 414. The summed E-state index contributed by atoms with van der Waals surface area (Å²) in [7, 11) is 4.21. The fraction of sp³-hybridized carbons (Fsp3) is 0.786. The molecule has 1 unspecified atom stereocenters. The Morgan fingerprint density at radius 3 is 2.74 bits per heavy atom. The zero-order chi connectivity index (χ0) is 14.0. The number of nitrogens with two attached hydrogens (primary N) is 1. The molecule has 1 saturated heterocycles. The van der Waals surface area contributed by atoms with Crippen LogP contribution < -0.4 is 5.73 Å². The van der Waals surface area contributed by atoms with E-state index in [4.69, 9.17) is 5.73 Å².